The average molecular weight is 290 g/mol. The Morgan fingerprint density at radius 1 is 1.61 bits per heavy atom. The summed E-state index contributed by atoms with van der Waals surface area (Å²) in [6, 6.07) is 1.66. The fourth-order valence-corrected chi connectivity index (χ4v) is 4.83. The molecule has 18 heavy (non-hydrogen) atoms. The van der Waals surface area contributed by atoms with Gasteiger partial charge in [0.1, 0.15) is 4.21 Å². The van der Waals surface area contributed by atoms with Crippen molar-refractivity contribution in [2.75, 3.05) is 19.7 Å². The third-order valence-corrected chi connectivity index (χ3v) is 6.20. The van der Waals surface area contributed by atoms with Crippen molar-refractivity contribution in [3.05, 3.63) is 17.0 Å². The third-order valence-electron chi connectivity index (χ3n) is 2.87. The van der Waals surface area contributed by atoms with Gasteiger partial charge in [-0.15, -0.1) is 11.3 Å². The van der Waals surface area contributed by atoms with Gasteiger partial charge in [0.2, 0.25) is 0 Å². The second kappa shape index (κ2) is 5.66. The molecule has 2 N–H and O–H groups in total. The van der Waals surface area contributed by atoms with Crippen LogP contribution in [-0.2, 0) is 21.3 Å². The van der Waals surface area contributed by atoms with Gasteiger partial charge in [0, 0.05) is 26.2 Å². The molecule has 0 aliphatic carbocycles. The van der Waals surface area contributed by atoms with Crippen LogP contribution in [0.15, 0.2) is 15.7 Å². The number of thiophene rings is 1. The van der Waals surface area contributed by atoms with Gasteiger partial charge in [-0.05, 0) is 30.4 Å². The molecule has 1 unspecified atom stereocenters. The van der Waals surface area contributed by atoms with Crippen molar-refractivity contribution in [3.63, 3.8) is 0 Å². The predicted molar refractivity (Wildman–Crippen MR) is 71.0 cm³/mol. The Balaban J connectivity index is 2.23. The number of nitrogens with zero attached hydrogens (tertiary/aromatic N) is 1. The summed E-state index contributed by atoms with van der Waals surface area (Å²) in [4.78, 5) is 0. The van der Waals surface area contributed by atoms with Crippen LogP contribution in [0.1, 0.15) is 18.9 Å². The zero-order chi connectivity index (χ0) is 13.2. The first-order chi connectivity index (χ1) is 8.54. The molecule has 0 spiro atoms. The Morgan fingerprint density at radius 2 is 2.39 bits per heavy atom. The molecule has 102 valence electrons. The van der Waals surface area contributed by atoms with Crippen molar-refractivity contribution >= 4 is 21.4 Å². The lowest BCUT2D eigenvalue weighted by molar-refractivity contribution is 0.0752. The first-order valence-electron chi connectivity index (χ1n) is 5.93. The first kappa shape index (κ1) is 14.0. The third kappa shape index (κ3) is 2.92. The van der Waals surface area contributed by atoms with Crippen LogP contribution in [0.4, 0.5) is 0 Å². The lowest BCUT2D eigenvalue weighted by atomic mass is 10.4. The van der Waals surface area contributed by atoms with E-state index in [0.717, 1.165) is 12.0 Å². The van der Waals surface area contributed by atoms with Gasteiger partial charge in [-0.1, -0.05) is 0 Å². The molecule has 7 heteroatoms. The summed E-state index contributed by atoms with van der Waals surface area (Å²) in [7, 11) is -3.39. The van der Waals surface area contributed by atoms with Crippen molar-refractivity contribution in [1.29, 1.82) is 0 Å². The molecule has 2 rings (SSSR count). The van der Waals surface area contributed by atoms with Crippen LogP contribution >= 0.6 is 11.3 Å². The van der Waals surface area contributed by atoms with E-state index in [-0.39, 0.29) is 6.10 Å². The maximum absolute atomic E-state index is 12.5. The summed E-state index contributed by atoms with van der Waals surface area (Å²) < 4.78 is 32.3. The van der Waals surface area contributed by atoms with Crippen molar-refractivity contribution in [2.45, 2.75) is 30.2 Å². The zero-order valence-corrected chi connectivity index (χ0v) is 12.0. The summed E-state index contributed by atoms with van der Waals surface area (Å²) in [6.45, 7) is 3.81. The average Bonchev–Trinajstić information content (AvgIpc) is 2.72. The molecule has 0 bridgehead atoms. The summed E-state index contributed by atoms with van der Waals surface area (Å²) in [5, 5.41) is 1.80. The smallest absolute Gasteiger partial charge is 0.252 e. The zero-order valence-electron chi connectivity index (χ0n) is 10.3. The molecular weight excluding hydrogens is 272 g/mol. The lowest BCUT2D eigenvalue weighted by Crippen LogP contribution is -2.35. The molecular formula is C11H18N2O3S2. The minimum absolute atomic E-state index is 0.0591. The molecule has 0 amide bonds. The topological polar surface area (TPSA) is 72.6 Å². The van der Waals surface area contributed by atoms with Gasteiger partial charge < -0.3 is 10.5 Å². The minimum atomic E-state index is -3.39. The number of nitrogens with two attached hydrogens (primary N) is 1. The van der Waals surface area contributed by atoms with E-state index in [4.69, 9.17) is 10.5 Å². The van der Waals surface area contributed by atoms with Crippen molar-refractivity contribution < 1.29 is 13.2 Å². The van der Waals surface area contributed by atoms with Crippen molar-refractivity contribution in [2.24, 2.45) is 5.73 Å². The Labute approximate surface area is 112 Å². The highest BCUT2D eigenvalue weighted by Gasteiger charge is 2.28. The van der Waals surface area contributed by atoms with E-state index < -0.39 is 10.0 Å². The van der Waals surface area contributed by atoms with Gasteiger partial charge in [-0.3, -0.25) is 0 Å². The molecule has 1 saturated heterocycles. The Bertz CT molecular complexity index is 498. The Morgan fingerprint density at radius 3 is 3.06 bits per heavy atom. The summed E-state index contributed by atoms with van der Waals surface area (Å²) in [5.41, 5.74) is 6.37. The molecule has 5 nitrogen and oxygen atoms in total. The molecule has 0 radical (unpaired) electrons. The summed E-state index contributed by atoms with van der Waals surface area (Å²) in [6.07, 6.45) is 0.676. The van der Waals surface area contributed by atoms with Gasteiger partial charge in [0.15, 0.2) is 0 Å². The lowest BCUT2D eigenvalue weighted by Gasteiger charge is -2.20. The Kier molecular flexibility index (Phi) is 4.39. The van der Waals surface area contributed by atoms with E-state index in [1.165, 1.54) is 15.6 Å². The van der Waals surface area contributed by atoms with Gasteiger partial charge in [0.05, 0.1) is 6.10 Å². The largest absolute Gasteiger partial charge is 0.377 e. The van der Waals surface area contributed by atoms with Crippen LogP contribution in [0.5, 0.6) is 0 Å². The van der Waals surface area contributed by atoms with E-state index in [9.17, 15) is 8.42 Å². The van der Waals surface area contributed by atoms with Crippen LogP contribution < -0.4 is 5.73 Å². The van der Waals surface area contributed by atoms with Crippen LogP contribution in [0.25, 0.3) is 0 Å². The number of hydrogen-bond donors (Lipinski definition) is 1. The van der Waals surface area contributed by atoms with Gasteiger partial charge >= 0.3 is 0 Å². The van der Waals surface area contributed by atoms with E-state index in [0.29, 0.717) is 30.5 Å². The van der Waals surface area contributed by atoms with Crippen molar-refractivity contribution in [3.8, 4) is 0 Å². The summed E-state index contributed by atoms with van der Waals surface area (Å²) in [5.74, 6) is 0. The molecule has 1 atom stereocenters. The van der Waals surface area contributed by atoms with Gasteiger partial charge in [-0.25, -0.2) is 8.42 Å². The summed E-state index contributed by atoms with van der Waals surface area (Å²) >= 11 is 1.23. The minimum Gasteiger partial charge on any atom is -0.377 e. The molecule has 1 aliphatic rings. The monoisotopic (exact) mass is 290 g/mol. The second-order valence-corrected chi connectivity index (χ2v) is 7.45. The Hall–Kier alpha value is -0.470. The van der Waals surface area contributed by atoms with E-state index >= 15 is 0 Å². The number of sulfonamides is 1. The van der Waals surface area contributed by atoms with E-state index in [1.807, 2.05) is 6.92 Å². The van der Waals surface area contributed by atoms with E-state index in [2.05, 4.69) is 0 Å². The van der Waals surface area contributed by atoms with Crippen molar-refractivity contribution in [1.82, 2.24) is 4.31 Å². The van der Waals surface area contributed by atoms with Crippen LogP contribution in [0, 0.1) is 0 Å². The van der Waals surface area contributed by atoms with E-state index in [1.54, 1.807) is 11.4 Å². The van der Waals surface area contributed by atoms with Crippen LogP contribution in [0.2, 0.25) is 0 Å². The molecule has 2 heterocycles. The quantitative estimate of drug-likeness (QED) is 0.901. The fourth-order valence-electron chi connectivity index (χ4n) is 1.90. The molecule has 0 aromatic carbocycles. The number of hydrogen-bond acceptors (Lipinski definition) is 5. The predicted octanol–water partition coefficient (Wildman–Crippen LogP) is 1.01. The standard InChI is InChI=1S/C11H18N2O3S2/c1-9-7-13(3-2-4-16-9)18(14,15)11-5-10(6-12)8-17-11/h5,8-9H,2-4,6-7,12H2,1H3. The highest BCUT2D eigenvalue weighted by atomic mass is 32.2. The van der Waals surface area contributed by atoms with Crippen LogP contribution in [0.3, 0.4) is 0 Å². The molecule has 0 saturated carbocycles. The first-order valence-corrected chi connectivity index (χ1v) is 8.25. The van der Waals surface area contributed by atoms with Gasteiger partial charge in [-0.2, -0.15) is 4.31 Å². The number of rotatable bonds is 3. The van der Waals surface area contributed by atoms with Crippen LogP contribution in [-0.4, -0.2) is 38.5 Å². The maximum Gasteiger partial charge on any atom is 0.252 e. The molecule has 1 aliphatic heterocycles. The van der Waals surface area contributed by atoms with Gasteiger partial charge in [0.25, 0.3) is 10.0 Å². The molecule has 1 aromatic heterocycles. The highest BCUT2D eigenvalue weighted by Crippen LogP contribution is 2.25. The normalized spacial score (nSPS) is 22.9. The fraction of sp³-hybridized carbons (Fsp3) is 0.636. The molecule has 1 fully saturated rings. The SMILES string of the molecule is CC1CN(S(=O)(=O)c2cc(CN)cs2)CCCO1. The maximum atomic E-state index is 12.5. The molecule has 1 aromatic rings. The highest BCUT2D eigenvalue weighted by molar-refractivity contribution is 7.91. The second-order valence-electron chi connectivity index (χ2n) is 4.38. The number of ether oxygens (including phenoxy) is 1.